The number of rotatable bonds is 9. The Balaban J connectivity index is 1.81. The number of ketones is 2. The van der Waals surface area contributed by atoms with E-state index in [9.17, 15) is 19.5 Å². The van der Waals surface area contributed by atoms with Crippen molar-refractivity contribution in [1.82, 2.24) is 4.98 Å². The van der Waals surface area contributed by atoms with E-state index in [1.165, 1.54) is 17.9 Å². The lowest BCUT2D eigenvalue weighted by molar-refractivity contribution is -0.117. The lowest BCUT2D eigenvalue weighted by Gasteiger charge is -2.24. The van der Waals surface area contributed by atoms with Gasteiger partial charge in [0, 0.05) is 6.92 Å². The van der Waals surface area contributed by atoms with Gasteiger partial charge in [0.2, 0.25) is 0 Å². The summed E-state index contributed by atoms with van der Waals surface area (Å²) in [6, 6.07) is 15.2. The van der Waals surface area contributed by atoms with Crippen molar-refractivity contribution in [2.75, 3.05) is 11.5 Å². The normalized spacial score (nSPS) is 15.6. The van der Waals surface area contributed by atoms with Crippen molar-refractivity contribution in [1.29, 1.82) is 0 Å². The molecule has 7 nitrogen and oxygen atoms in total. The van der Waals surface area contributed by atoms with Gasteiger partial charge in [0.15, 0.2) is 22.5 Å². The number of ether oxygens (including phenoxy) is 1. The number of benzene rings is 2. The zero-order valence-electron chi connectivity index (χ0n) is 19.8. The molecular formula is C28H24N2O5S. The van der Waals surface area contributed by atoms with E-state index in [0.717, 1.165) is 16.9 Å². The summed E-state index contributed by atoms with van der Waals surface area (Å²) < 4.78 is 5.65. The predicted molar refractivity (Wildman–Crippen MR) is 139 cm³/mol. The van der Waals surface area contributed by atoms with Crippen LogP contribution in [0.1, 0.15) is 39.5 Å². The van der Waals surface area contributed by atoms with Crippen LogP contribution in [-0.2, 0) is 9.59 Å². The molecule has 1 amide bonds. The average molecular weight is 501 g/mol. The molecule has 0 bridgehead atoms. The van der Waals surface area contributed by atoms with Gasteiger partial charge in [0.1, 0.15) is 12.4 Å². The van der Waals surface area contributed by atoms with Crippen molar-refractivity contribution >= 4 is 40.0 Å². The van der Waals surface area contributed by atoms with E-state index >= 15 is 0 Å². The second kappa shape index (κ2) is 10.5. The summed E-state index contributed by atoms with van der Waals surface area (Å²) in [6.07, 6.45) is 4.56. The van der Waals surface area contributed by atoms with Crippen LogP contribution in [0.25, 0.3) is 6.08 Å². The molecular weight excluding hydrogens is 476 g/mol. The minimum absolute atomic E-state index is 0.0784. The van der Waals surface area contributed by atoms with Crippen LogP contribution in [0.3, 0.4) is 0 Å². The molecule has 2 aromatic carbocycles. The van der Waals surface area contributed by atoms with Crippen molar-refractivity contribution in [2.24, 2.45) is 0 Å². The largest absolute Gasteiger partial charge is 0.503 e. The standard InChI is InChI=1S/C28H24N2O5S/c1-4-15-35-21-12-8-11-20(16-21)24-23(22(32)14-13-19-9-6-5-7-10-19)25(33)27(34)30(24)28-29-17(2)26(36-28)18(3)31/h4-14,16,24,33H,1,15H2,2-3H3/b14-13+. The van der Waals surface area contributed by atoms with Gasteiger partial charge in [-0.15, -0.1) is 0 Å². The van der Waals surface area contributed by atoms with Gasteiger partial charge in [-0.3, -0.25) is 19.3 Å². The third kappa shape index (κ3) is 4.89. The van der Waals surface area contributed by atoms with E-state index in [4.69, 9.17) is 4.74 Å². The minimum atomic E-state index is -0.969. The first-order chi connectivity index (χ1) is 17.3. The topological polar surface area (TPSA) is 96.8 Å². The second-order valence-electron chi connectivity index (χ2n) is 8.09. The lowest BCUT2D eigenvalue weighted by Crippen LogP contribution is -2.30. The Hall–Kier alpha value is -4.30. The molecule has 3 aromatic rings. The van der Waals surface area contributed by atoms with Gasteiger partial charge in [-0.1, -0.05) is 72.5 Å². The molecule has 1 N–H and O–H groups in total. The fourth-order valence-corrected chi connectivity index (χ4v) is 4.93. The highest BCUT2D eigenvalue weighted by Crippen LogP contribution is 2.43. The number of aliphatic hydroxyl groups excluding tert-OH is 1. The number of hydrogen-bond acceptors (Lipinski definition) is 7. The van der Waals surface area contributed by atoms with E-state index in [1.54, 1.807) is 43.3 Å². The van der Waals surface area contributed by atoms with Crippen LogP contribution in [0.4, 0.5) is 5.13 Å². The van der Waals surface area contributed by atoms with Gasteiger partial charge < -0.3 is 9.84 Å². The molecule has 36 heavy (non-hydrogen) atoms. The number of nitrogens with zero attached hydrogens (tertiary/aromatic N) is 2. The number of aromatic nitrogens is 1. The SMILES string of the molecule is C=CCOc1cccc(C2C(C(=O)/C=C/c3ccccc3)=C(O)C(=O)N2c2nc(C)c(C(C)=O)s2)c1. The number of thiazole rings is 1. The summed E-state index contributed by atoms with van der Waals surface area (Å²) in [5.74, 6) is -1.61. The van der Waals surface area contributed by atoms with Crippen LogP contribution in [0.2, 0.25) is 0 Å². The Bertz CT molecular complexity index is 1400. The maximum atomic E-state index is 13.4. The highest BCUT2D eigenvalue weighted by molar-refractivity contribution is 7.17. The first-order valence-electron chi connectivity index (χ1n) is 11.2. The number of carbonyl (C=O) groups is 3. The second-order valence-corrected chi connectivity index (χ2v) is 9.07. The van der Waals surface area contributed by atoms with Crippen molar-refractivity contribution in [3.05, 3.63) is 106 Å². The van der Waals surface area contributed by atoms with Crippen LogP contribution in [0.5, 0.6) is 5.75 Å². The molecule has 1 unspecified atom stereocenters. The van der Waals surface area contributed by atoms with E-state index in [-0.39, 0.29) is 23.1 Å². The van der Waals surface area contributed by atoms with Gasteiger partial charge in [-0.2, -0.15) is 0 Å². The van der Waals surface area contributed by atoms with Crippen LogP contribution in [0, 0.1) is 6.92 Å². The molecule has 1 aliphatic heterocycles. The van der Waals surface area contributed by atoms with Gasteiger partial charge in [-0.05, 0) is 36.3 Å². The number of aryl methyl sites for hydroxylation is 1. The smallest absolute Gasteiger partial charge is 0.296 e. The van der Waals surface area contributed by atoms with Crippen molar-refractivity contribution < 1.29 is 24.2 Å². The van der Waals surface area contributed by atoms with E-state index in [1.807, 2.05) is 30.3 Å². The molecule has 0 radical (unpaired) electrons. The van der Waals surface area contributed by atoms with Crippen LogP contribution < -0.4 is 9.64 Å². The molecule has 0 saturated carbocycles. The summed E-state index contributed by atoms with van der Waals surface area (Å²) in [5.41, 5.74) is 1.73. The van der Waals surface area contributed by atoms with Gasteiger partial charge in [0.05, 0.1) is 22.2 Å². The van der Waals surface area contributed by atoms with Gasteiger partial charge in [0.25, 0.3) is 5.91 Å². The van der Waals surface area contributed by atoms with E-state index < -0.39 is 23.5 Å². The van der Waals surface area contributed by atoms with Crippen LogP contribution in [0.15, 0.2) is 84.7 Å². The van der Waals surface area contributed by atoms with Crippen molar-refractivity contribution in [3.63, 3.8) is 0 Å². The molecule has 0 fully saturated rings. The Kier molecular flexibility index (Phi) is 7.26. The number of allylic oxidation sites excluding steroid dienone is 1. The summed E-state index contributed by atoms with van der Waals surface area (Å²) in [7, 11) is 0. The molecule has 0 aliphatic carbocycles. The summed E-state index contributed by atoms with van der Waals surface area (Å²) in [6.45, 7) is 7.02. The third-order valence-electron chi connectivity index (χ3n) is 5.55. The first kappa shape index (κ1) is 24.8. The fourth-order valence-electron chi connectivity index (χ4n) is 3.94. The number of amides is 1. The molecule has 182 valence electrons. The predicted octanol–water partition coefficient (Wildman–Crippen LogP) is 5.40. The Morgan fingerprint density at radius 1 is 1.19 bits per heavy atom. The highest BCUT2D eigenvalue weighted by Gasteiger charge is 2.45. The molecule has 0 spiro atoms. The average Bonchev–Trinajstić information content (AvgIpc) is 3.39. The molecule has 1 aromatic heterocycles. The van der Waals surface area contributed by atoms with Crippen molar-refractivity contribution in [3.8, 4) is 5.75 Å². The molecule has 4 rings (SSSR count). The zero-order valence-corrected chi connectivity index (χ0v) is 20.6. The molecule has 8 heteroatoms. The van der Waals surface area contributed by atoms with E-state index in [0.29, 0.717) is 21.9 Å². The quantitative estimate of drug-likeness (QED) is 0.240. The third-order valence-corrected chi connectivity index (χ3v) is 6.81. The van der Waals surface area contributed by atoms with Gasteiger partial charge in [-0.25, -0.2) is 4.98 Å². The zero-order chi connectivity index (χ0) is 25.8. The van der Waals surface area contributed by atoms with Crippen LogP contribution in [-0.4, -0.2) is 34.2 Å². The molecule has 1 aliphatic rings. The Labute approximate surface area is 212 Å². The number of carbonyl (C=O) groups excluding carboxylic acids is 3. The lowest BCUT2D eigenvalue weighted by atomic mass is 9.95. The number of anilines is 1. The number of aliphatic hydroxyl groups is 1. The van der Waals surface area contributed by atoms with E-state index in [2.05, 4.69) is 11.6 Å². The minimum Gasteiger partial charge on any atom is -0.503 e. The number of hydrogen-bond donors (Lipinski definition) is 1. The number of Topliss-reactive ketones (excluding diaryl/α,β-unsaturated/α-hetero) is 1. The Morgan fingerprint density at radius 3 is 2.61 bits per heavy atom. The van der Waals surface area contributed by atoms with Crippen molar-refractivity contribution in [2.45, 2.75) is 19.9 Å². The monoisotopic (exact) mass is 500 g/mol. The Morgan fingerprint density at radius 2 is 1.94 bits per heavy atom. The first-order valence-corrected chi connectivity index (χ1v) is 12.0. The summed E-state index contributed by atoms with van der Waals surface area (Å²) in [4.78, 5) is 44.8. The summed E-state index contributed by atoms with van der Waals surface area (Å²) in [5, 5.41) is 11.1. The van der Waals surface area contributed by atoms with Crippen LogP contribution >= 0.6 is 11.3 Å². The maximum Gasteiger partial charge on any atom is 0.296 e. The molecule has 0 saturated heterocycles. The molecule has 2 heterocycles. The molecule has 1 atom stereocenters. The summed E-state index contributed by atoms with van der Waals surface area (Å²) >= 11 is 1.04. The fraction of sp³-hybridized carbons (Fsp3) is 0.143. The maximum absolute atomic E-state index is 13.4. The van der Waals surface area contributed by atoms with Gasteiger partial charge >= 0.3 is 0 Å². The highest BCUT2D eigenvalue weighted by atomic mass is 32.1.